The van der Waals surface area contributed by atoms with Crippen LogP contribution in [0.25, 0.3) is 0 Å². The minimum Gasteiger partial charge on any atom is -0.454 e. The smallest absolute Gasteiger partial charge is 0.233 e. The van der Waals surface area contributed by atoms with Gasteiger partial charge in [0, 0.05) is 13.1 Å². The van der Waals surface area contributed by atoms with Crippen LogP contribution in [0.15, 0.2) is 46.8 Å². The molecule has 2 N–H and O–H groups in total. The highest BCUT2D eigenvalue weighted by Crippen LogP contribution is 2.32. The fourth-order valence-corrected chi connectivity index (χ4v) is 4.61. The molecule has 30 heavy (non-hydrogen) atoms. The van der Waals surface area contributed by atoms with Crippen molar-refractivity contribution in [1.29, 1.82) is 0 Å². The molecule has 1 aromatic heterocycles. The summed E-state index contributed by atoms with van der Waals surface area (Å²) in [6.07, 6.45) is 0. The van der Waals surface area contributed by atoms with Gasteiger partial charge in [-0.3, -0.25) is 4.79 Å². The normalized spacial score (nSPS) is 13.1. The molecule has 0 spiro atoms. The topological polar surface area (TPSA) is 85.4 Å². The van der Waals surface area contributed by atoms with Crippen molar-refractivity contribution in [3.63, 3.8) is 0 Å². The predicted octanol–water partition coefficient (Wildman–Crippen LogP) is 3.82. The largest absolute Gasteiger partial charge is 0.454 e. The van der Waals surface area contributed by atoms with Crippen LogP contribution in [0.5, 0.6) is 11.5 Å². The van der Waals surface area contributed by atoms with Gasteiger partial charge in [-0.05, 0) is 42.3 Å². The molecule has 0 fully saturated rings. The van der Waals surface area contributed by atoms with Crippen molar-refractivity contribution >= 4 is 34.1 Å². The second kappa shape index (κ2) is 9.31. The number of fused-ring (bicyclic) bond motifs is 1. The zero-order valence-corrected chi connectivity index (χ0v) is 17.7. The fraction of sp³-hybridized carbons (Fsp3) is 0.250. The van der Waals surface area contributed by atoms with E-state index < -0.39 is 0 Å². The summed E-state index contributed by atoms with van der Waals surface area (Å²) in [6.45, 7) is 2.97. The van der Waals surface area contributed by atoms with Crippen molar-refractivity contribution < 1.29 is 18.7 Å². The third-order valence-corrected chi connectivity index (χ3v) is 6.38. The summed E-state index contributed by atoms with van der Waals surface area (Å²) >= 11 is 2.72. The van der Waals surface area contributed by atoms with E-state index in [4.69, 9.17) is 9.47 Å². The Balaban J connectivity index is 1.24. The Labute approximate surface area is 181 Å². The maximum atomic E-state index is 13.0. The van der Waals surface area contributed by atoms with Gasteiger partial charge in [0.1, 0.15) is 5.82 Å². The summed E-state index contributed by atoms with van der Waals surface area (Å²) in [7, 11) is 0. The van der Waals surface area contributed by atoms with E-state index in [1.165, 1.54) is 35.2 Å². The number of ether oxygens (including phenoxy) is 2. The molecular weight excluding hydrogens is 427 g/mol. The lowest BCUT2D eigenvalue weighted by molar-refractivity contribution is -0.120. The van der Waals surface area contributed by atoms with Crippen molar-refractivity contribution in [1.82, 2.24) is 15.5 Å². The zero-order valence-electron chi connectivity index (χ0n) is 16.1. The summed E-state index contributed by atoms with van der Waals surface area (Å²) < 4.78 is 24.3. The number of anilines is 1. The molecule has 1 atom stereocenters. The van der Waals surface area contributed by atoms with E-state index in [2.05, 4.69) is 20.8 Å². The van der Waals surface area contributed by atoms with E-state index in [-0.39, 0.29) is 23.8 Å². The number of nitrogens with one attached hydrogen (secondary N) is 2. The average Bonchev–Trinajstić information content (AvgIpc) is 3.40. The van der Waals surface area contributed by atoms with Crippen LogP contribution in [0.1, 0.15) is 18.1 Å². The van der Waals surface area contributed by atoms with Crippen molar-refractivity contribution in [3.05, 3.63) is 59.4 Å². The van der Waals surface area contributed by atoms with Crippen LogP contribution in [-0.4, -0.2) is 28.1 Å². The van der Waals surface area contributed by atoms with Gasteiger partial charge in [0.05, 0.1) is 5.25 Å². The molecule has 0 unspecified atom stereocenters. The van der Waals surface area contributed by atoms with Gasteiger partial charge in [-0.2, -0.15) is 0 Å². The fourth-order valence-electron chi connectivity index (χ4n) is 2.70. The van der Waals surface area contributed by atoms with Crippen LogP contribution in [-0.2, 0) is 17.9 Å². The van der Waals surface area contributed by atoms with Crippen LogP contribution in [0.4, 0.5) is 9.52 Å². The highest BCUT2D eigenvalue weighted by atomic mass is 32.2. The van der Waals surface area contributed by atoms with Crippen LogP contribution in [0, 0.1) is 5.82 Å². The molecule has 2 aromatic carbocycles. The number of carbonyl (C=O) groups is 1. The lowest BCUT2D eigenvalue weighted by Gasteiger charge is -2.10. The van der Waals surface area contributed by atoms with Crippen molar-refractivity contribution in [2.75, 3.05) is 12.1 Å². The zero-order chi connectivity index (χ0) is 20.9. The van der Waals surface area contributed by atoms with E-state index in [0.29, 0.717) is 34.1 Å². The summed E-state index contributed by atoms with van der Waals surface area (Å²) in [4.78, 5) is 12.4. The number of benzene rings is 2. The van der Waals surface area contributed by atoms with Crippen LogP contribution in [0.2, 0.25) is 0 Å². The van der Waals surface area contributed by atoms with Crippen molar-refractivity contribution in [2.45, 2.75) is 29.6 Å². The molecular formula is C20H19FN4O3S2. The summed E-state index contributed by atoms with van der Waals surface area (Å²) in [5.41, 5.74) is 1.88. The number of carbonyl (C=O) groups excluding carboxylic acids is 1. The number of hydrogen-bond acceptors (Lipinski definition) is 8. The number of amides is 1. The van der Waals surface area contributed by atoms with Crippen LogP contribution < -0.4 is 20.1 Å². The molecule has 1 amide bonds. The maximum Gasteiger partial charge on any atom is 0.233 e. The van der Waals surface area contributed by atoms with E-state index in [1.807, 2.05) is 25.1 Å². The van der Waals surface area contributed by atoms with E-state index >= 15 is 0 Å². The van der Waals surface area contributed by atoms with Crippen molar-refractivity contribution in [2.24, 2.45) is 0 Å². The number of thioether (sulfide) groups is 1. The lowest BCUT2D eigenvalue weighted by atomic mass is 10.2. The first-order valence-corrected chi connectivity index (χ1v) is 10.9. The van der Waals surface area contributed by atoms with E-state index in [0.717, 1.165) is 11.1 Å². The standard InChI is InChI=1S/C20H19FN4O3S2/c1-12(18(26)22-10-14-4-7-16-17(8-14)28-11-27-16)29-20-25-24-19(30-20)23-9-13-2-5-15(21)6-3-13/h2-8,12H,9-11H2,1H3,(H,22,26)(H,23,24)/t12-/m1/s1. The van der Waals surface area contributed by atoms with Gasteiger partial charge in [-0.15, -0.1) is 10.2 Å². The van der Waals surface area contributed by atoms with Crippen LogP contribution in [0.3, 0.4) is 0 Å². The molecule has 156 valence electrons. The van der Waals surface area contributed by atoms with E-state index in [1.54, 1.807) is 12.1 Å². The molecule has 1 aliphatic heterocycles. The molecule has 0 radical (unpaired) electrons. The van der Waals surface area contributed by atoms with E-state index in [9.17, 15) is 9.18 Å². The Morgan fingerprint density at radius 2 is 1.90 bits per heavy atom. The molecule has 1 aliphatic rings. The third kappa shape index (κ3) is 5.19. The summed E-state index contributed by atoms with van der Waals surface area (Å²) in [6, 6.07) is 11.9. The lowest BCUT2D eigenvalue weighted by Crippen LogP contribution is -2.30. The molecule has 0 aliphatic carbocycles. The molecule has 0 saturated carbocycles. The number of halogens is 1. The van der Waals surface area contributed by atoms with Gasteiger partial charge < -0.3 is 20.1 Å². The van der Waals surface area contributed by atoms with Gasteiger partial charge in [0.2, 0.25) is 17.8 Å². The van der Waals surface area contributed by atoms with Gasteiger partial charge >= 0.3 is 0 Å². The first kappa shape index (κ1) is 20.4. The minimum atomic E-state index is -0.322. The Morgan fingerprint density at radius 1 is 1.13 bits per heavy atom. The molecule has 2 heterocycles. The van der Waals surface area contributed by atoms with Gasteiger partial charge in [0.25, 0.3) is 0 Å². The molecule has 10 heteroatoms. The number of hydrogen-bond donors (Lipinski definition) is 2. The minimum absolute atomic E-state index is 0.0892. The summed E-state index contributed by atoms with van der Waals surface area (Å²) in [5.74, 6) is 1.06. The monoisotopic (exact) mass is 446 g/mol. The number of aromatic nitrogens is 2. The van der Waals surface area contributed by atoms with Crippen molar-refractivity contribution in [3.8, 4) is 11.5 Å². The first-order chi connectivity index (χ1) is 14.6. The first-order valence-electron chi connectivity index (χ1n) is 9.21. The summed E-state index contributed by atoms with van der Waals surface area (Å²) in [5, 5.41) is 14.6. The Hall–Kier alpha value is -2.85. The average molecular weight is 447 g/mol. The Kier molecular flexibility index (Phi) is 6.34. The predicted molar refractivity (Wildman–Crippen MR) is 113 cm³/mol. The maximum absolute atomic E-state index is 13.0. The second-order valence-corrected chi connectivity index (χ2v) is 9.08. The molecule has 0 saturated heterocycles. The Morgan fingerprint density at radius 3 is 2.73 bits per heavy atom. The molecule has 7 nitrogen and oxygen atoms in total. The number of rotatable bonds is 8. The molecule has 0 bridgehead atoms. The van der Waals surface area contributed by atoms with Gasteiger partial charge in [-0.25, -0.2) is 4.39 Å². The van der Waals surface area contributed by atoms with Gasteiger partial charge in [-0.1, -0.05) is 41.3 Å². The van der Waals surface area contributed by atoms with Crippen LogP contribution >= 0.6 is 23.1 Å². The quantitative estimate of drug-likeness (QED) is 0.509. The number of nitrogens with zero attached hydrogens (tertiary/aromatic N) is 2. The SMILES string of the molecule is C[C@@H](Sc1nnc(NCc2ccc(F)cc2)s1)C(=O)NCc1ccc2c(c1)OCO2. The highest BCUT2D eigenvalue weighted by molar-refractivity contribution is 8.02. The highest BCUT2D eigenvalue weighted by Gasteiger charge is 2.18. The third-order valence-electron chi connectivity index (χ3n) is 4.31. The molecule has 4 rings (SSSR count). The second-order valence-electron chi connectivity index (χ2n) is 6.52. The molecule has 3 aromatic rings. The Bertz CT molecular complexity index is 1030. The van der Waals surface area contributed by atoms with Gasteiger partial charge in [0.15, 0.2) is 15.8 Å².